The van der Waals surface area contributed by atoms with Crippen LogP contribution >= 0.6 is 0 Å². The number of nitrogens with one attached hydrogen (secondary N) is 1. The maximum Gasteiger partial charge on any atom is 0.258 e. The number of hydrogen-bond acceptors (Lipinski definition) is 3. The van der Waals surface area contributed by atoms with E-state index < -0.39 is 5.54 Å². The van der Waals surface area contributed by atoms with Crippen LogP contribution in [-0.2, 0) is 4.79 Å². The van der Waals surface area contributed by atoms with E-state index in [2.05, 4.69) is 5.32 Å². The molecule has 1 amide bonds. The first-order valence-corrected chi connectivity index (χ1v) is 5.63. The molecule has 1 aromatic rings. The summed E-state index contributed by atoms with van der Waals surface area (Å²) in [5.74, 6) is 0.535. The highest BCUT2D eigenvalue weighted by molar-refractivity contribution is 5.78. The fourth-order valence-electron chi connectivity index (χ4n) is 1.32. The molecule has 0 atom stereocenters. The van der Waals surface area contributed by atoms with Crippen molar-refractivity contribution in [3.8, 4) is 5.75 Å². The summed E-state index contributed by atoms with van der Waals surface area (Å²) in [6.45, 7) is 6.12. The van der Waals surface area contributed by atoms with Crippen molar-refractivity contribution in [2.45, 2.75) is 26.3 Å². The van der Waals surface area contributed by atoms with Crippen LogP contribution in [0, 0.1) is 6.92 Å². The van der Waals surface area contributed by atoms with Crippen molar-refractivity contribution in [2.75, 3.05) is 13.2 Å². The molecule has 0 radical (unpaired) electrons. The fourth-order valence-corrected chi connectivity index (χ4v) is 1.32. The van der Waals surface area contributed by atoms with E-state index in [0.29, 0.717) is 12.3 Å². The van der Waals surface area contributed by atoms with Crippen molar-refractivity contribution in [3.05, 3.63) is 29.8 Å². The van der Waals surface area contributed by atoms with E-state index in [-0.39, 0.29) is 12.5 Å². The highest BCUT2D eigenvalue weighted by Crippen LogP contribution is 2.12. The number of ether oxygens (including phenoxy) is 1. The number of aryl methyl sites for hydroxylation is 1. The van der Waals surface area contributed by atoms with Crippen molar-refractivity contribution in [2.24, 2.45) is 5.73 Å². The summed E-state index contributed by atoms with van der Waals surface area (Å²) >= 11 is 0. The van der Waals surface area contributed by atoms with Crippen molar-refractivity contribution in [1.29, 1.82) is 0 Å². The lowest BCUT2D eigenvalue weighted by atomic mass is 10.1. The molecular weight excluding hydrogens is 216 g/mol. The van der Waals surface area contributed by atoms with Crippen LogP contribution in [0.3, 0.4) is 0 Å². The quantitative estimate of drug-likeness (QED) is 0.808. The second-order valence-electron chi connectivity index (χ2n) is 4.74. The molecule has 17 heavy (non-hydrogen) atoms. The topological polar surface area (TPSA) is 64.3 Å². The van der Waals surface area contributed by atoms with Gasteiger partial charge in [-0.15, -0.1) is 0 Å². The SMILES string of the molecule is Cc1cccc(OCC(=O)NC(C)(C)CN)c1. The van der Waals surface area contributed by atoms with Crippen LogP contribution < -0.4 is 15.8 Å². The maximum absolute atomic E-state index is 11.6. The maximum atomic E-state index is 11.6. The zero-order valence-corrected chi connectivity index (χ0v) is 10.6. The molecule has 4 nitrogen and oxygen atoms in total. The fraction of sp³-hybridized carbons (Fsp3) is 0.462. The van der Waals surface area contributed by atoms with Crippen LogP contribution in [0.4, 0.5) is 0 Å². The molecule has 0 saturated carbocycles. The van der Waals surface area contributed by atoms with Crippen LogP contribution in [0.2, 0.25) is 0 Å². The largest absolute Gasteiger partial charge is 0.484 e. The first-order chi connectivity index (χ1) is 7.93. The van der Waals surface area contributed by atoms with Crippen molar-refractivity contribution in [3.63, 3.8) is 0 Å². The van der Waals surface area contributed by atoms with Gasteiger partial charge >= 0.3 is 0 Å². The van der Waals surface area contributed by atoms with E-state index in [1.165, 1.54) is 0 Å². The molecule has 0 saturated heterocycles. The Bertz CT molecular complexity index is 389. The molecule has 0 aliphatic heterocycles. The highest BCUT2D eigenvalue weighted by Gasteiger charge is 2.18. The molecule has 0 aliphatic rings. The molecule has 3 N–H and O–H groups in total. The summed E-state index contributed by atoms with van der Waals surface area (Å²) in [6.07, 6.45) is 0. The van der Waals surface area contributed by atoms with Crippen LogP contribution in [0.1, 0.15) is 19.4 Å². The van der Waals surface area contributed by atoms with Crippen molar-refractivity contribution < 1.29 is 9.53 Å². The Morgan fingerprint density at radius 1 is 1.47 bits per heavy atom. The van der Waals surface area contributed by atoms with E-state index in [1.807, 2.05) is 45.0 Å². The van der Waals surface area contributed by atoms with Gasteiger partial charge in [0.25, 0.3) is 5.91 Å². The number of benzene rings is 1. The summed E-state index contributed by atoms with van der Waals surface area (Å²) in [6, 6.07) is 7.59. The molecule has 0 aromatic heterocycles. The van der Waals surface area contributed by atoms with Crippen LogP contribution in [-0.4, -0.2) is 24.6 Å². The van der Waals surface area contributed by atoms with Crippen LogP contribution in [0.25, 0.3) is 0 Å². The predicted octanol–water partition coefficient (Wildman–Crippen LogP) is 1.23. The van der Waals surface area contributed by atoms with Gasteiger partial charge in [-0.05, 0) is 38.5 Å². The number of hydrogen-bond donors (Lipinski definition) is 2. The van der Waals surface area contributed by atoms with Gasteiger partial charge in [-0.2, -0.15) is 0 Å². The number of nitrogens with two attached hydrogens (primary N) is 1. The first-order valence-electron chi connectivity index (χ1n) is 5.63. The molecule has 4 heteroatoms. The third kappa shape index (κ3) is 4.87. The lowest BCUT2D eigenvalue weighted by Crippen LogP contribution is -2.50. The molecule has 94 valence electrons. The monoisotopic (exact) mass is 236 g/mol. The molecule has 0 unspecified atom stereocenters. The van der Waals surface area contributed by atoms with E-state index in [9.17, 15) is 4.79 Å². The summed E-state index contributed by atoms with van der Waals surface area (Å²) in [5.41, 5.74) is 6.23. The van der Waals surface area contributed by atoms with E-state index in [4.69, 9.17) is 10.5 Å². The average molecular weight is 236 g/mol. The number of amides is 1. The Balaban J connectivity index is 2.44. The molecule has 0 spiro atoms. The van der Waals surface area contributed by atoms with E-state index in [0.717, 1.165) is 5.56 Å². The second kappa shape index (κ2) is 5.68. The number of rotatable bonds is 5. The molecular formula is C13H20N2O2. The minimum absolute atomic E-state index is 0.00683. The normalized spacial score (nSPS) is 11.1. The Labute approximate surface area is 102 Å². The smallest absolute Gasteiger partial charge is 0.258 e. The predicted molar refractivity (Wildman–Crippen MR) is 68.0 cm³/mol. The Hall–Kier alpha value is -1.55. The average Bonchev–Trinajstić information content (AvgIpc) is 2.26. The summed E-state index contributed by atoms with van der Waals surface area (Å²) in [7, 11) is 0. The van der Waals surface area contributed by atoms with Crippen molar-refractivity contribution in [1.82, 2.24) is 5.32 Å². The molecule has 0 heterocycles. The minimum atomic E-state index is -0.396. The summed E-state index contributed by atoms with van der Waals surface area (Å²) < 4.78 is 5.39. The zero-order valence-electron chi connectivity index (χ0n) is 10.6. The van der Waals surface area contributed by atoms with Gasteiger partial charge in [-0.1, -0.05) is 12.1 Å². The van der Waals surface area contributed by atoms with Crippen LogP contribution in [0.5, 0.6) is 5.75 Å². The molecule has 1 aromatic carbocycles. The number of carbonyl (C=O) groups is 1. The lowest BCUT2D eigenvalue weighted by molar-refractivity contribution is -0.124. The van der Waals surface area contributed by atoms with Gasteiger partial charge in [0, 0.05) is 12.1 Å². The Morgan fingerprint density at radius 3 is 2.76 bits per heavy atom. The van der Waals surface area contributed by atoms with Gasteiger partial charge in [-0.3, -0.25) is 4.79 Å². The Kier molecular flexibility index (Phi) is 4.52. The van der Waals surface area contributed by atoms with E-state index in [1.54, 1.807) is 0 Å². The molecule has 1 rings (SSSR count). The summed E-state index contributed by atoms with van der Waals surface area (Å²) in [5, 5.41) is 2.80. The number of carbonyl (C=O) groups excluding carboxylic acids is 1. The van der Waals surface area contributed by atoms with E-state index >= 15 is 0 Å². The van der Waals surface area contributed by atoms with Gasteiger partial charge < -0.3 is 15.8 Å². The minimum Gasteiger partial charge on any atom is -0.484 e. The van der Waals surface area contributed by atoms with Crippen molar-refractivity contribution >= 4 is 5.91 Å². The molecule has 0 aliphatic carbocycles. The Morgan fingerprint density at radius 2 is 2.18 bits per heavy atom. The van der Waals surface area contributed by atoms with Gasteiger partial charge in [0.2, 0.25) is 0 Å². The first kappa shape index (κ1) is 13.5. The molecule has 0 fully saturated rings. The zero-order chi connectivity index (χ0) is 12.9. The lowest BCUT2D eigenvalue weighted by Gasteiger charge is -2.24. The standard InChI is InChI=1S/C13H20N2O2/c1-10-5-4-6-11(7-10)17-8-12(16)15-13(2,3)9-14/h4-7H,8-9,14H2,1-3H3,(H,15,16). The summed E-state index contributed by atoms with van der Waals surface area (Å²) in [4.78, 5) is 11.6. The van der Waals surface area contributed by atoms with Gasteiger partial charge in [-0.25, -0.2) is 0 Å². The third-order valence-electron chi connectivity index (χ3n) is 2.35. The highest BCUT2D eigenvalue weighted by atomic mass is 16.5. The second-order valence-corrected chi connectivity index (χ2v) is 4.74. The van der Waals surface area contributed by atoms with Crippen LogP contribution in [0.15, 0.2) is 24.3 Å². The van der Waals surface area contributed by atoms with Gasteiger partial charge in [0.15, 0.2) is 6.61 Å². The van der Waals surface area contributed by atoms with Gasteiger partial charge in [0.05, 0.1) is 0 Å². The van der Waals surface area contributed by atoms with Gasteiger partial charge in [0.1, 0.15) is 5.75 Å². The third-order valence-corrected chi connectivity index (χ3v) is 2.35. The molecule has 0 bridgehead atoms.